The van der Waals surface area contributed by atoms with E-state index in [9.17, 15) is 4.39 Å². The molecule has 2 rings (SSSR count). The minimum Gasteiger partial charge on any atom is -0.333 e. The van der Waals surface area contributed by atoms with Crippen LogP contribution in [0.1, 0.15) is 20.3 Å². The van der Waals surface area contributed by atoms with Gasteiger partial charge in [-0.05, 0) is 30.5 Å². The van der Waals surface area contributed by atoms with Crippen LogP contribution in [0.15, 0.2) is 27.7 Å². The summed E-state index contributed by atoms with van der Waals surface area (Å²) in [5, 5.41) is 3.88. The lowest BCUT2D eigenvalue weighted by molar-refractivity contribution is 0.529. The molecule has 0 spiro atoms. The number of rotatable bonds is 3. The quantitative estimate of drug-likeness (QED) is 0.881. The van der Waals surface area contributed by atoms with Crippen LogP contribution in [0, 0.1) is 11.7 Å². The molecule has 0 aliphatic carbocycles. The number of hydrogen-bond donors (Lipinski definition) is 1. The van der Waals surface area contributed by atoms with E-state index in [-0.39, 0.29) is 5.82 Å². The van der Waals surface area contributed by atoms with Crippen molar-refractivity contribution in [3.05, 3.63) is 28.5 Å². The molecule has 0 radical (unpaired) electrons. The van der Waals surface area contributed by atoms with Crippen LogP contribution in [-0.4, -0.2) is 17.0 Å². The molecule has 0 fully saturated rings. The average molecular weight is 331 g/mol. The van der Waals surface area contributed by atoms with Crippen molar-refractivity contribution in [3.8, 4) is 0 Å². The van der Waals surface area contributed by atoms with E-state index < -0.39 is 0 Å². The van der Waals surface area contributed by atoms with Crippen LogP contribution in [0.25, 0.3) is 0 Å². The highest BCUT2D eigenvalue weighted by atomic mass is 79.9. The van der Waals surface area contributed by atoms with Gasteiger partial charge >= 0.3 is 0 Å². The molecule has 1 heterocycles. The molecule has 0 aromatic heterocycles. The van der Waals surface area contributed by atoms with Gasteiger partial charge in [0.25, 0.3) is 0 Å². The van der Waals surface area contributed by atoms with E-state index in [1.54, 1.807) is 17.8 Å². The van der Waals surface area contributed by atoms with Gasteiger partial charge in [-0.2, -0.15) is 0 Å². The first kappa shape index (κ1) is 13.9. The summed E-state index contributed by atoms with van der Waals surface area (Å²) in [6.07, 6.45) is 1.08. The maximum atomic E-state index is 13.7. The molecule has 1 aliphatic heterocycles. The predicted octanol–water partition coefficient (Wildman–Crippen LogP) is 4.52. The molecule has 1 atom stereocenters. The lowest BCUT2D eigenvalue weighted by Crippen LogP contribution is -2.08. The topological polar surface area (TPSA) is 24.4 Å². The molecule has 98 valence electrons. The van der Waals surface area contributed by atoms with Gasteiger partial charge in [-0.3, -0.25) is 4.99 Å². The smallest absolute Gasteiger partial charge is 0.161 e. The van der Waals surface area contributed by atoms with E-state index >= 15 is 0 Å². The van der Waals surface area contributed by atoms with E-state index in [0.29, 0.717) is 17.6 Å². The molecular formula is C13H16BrFN2S. The predicted molar refractivity (Wildman–Crippen MR) is 80.9 cm³/mol. The summed E-state index contributed by atoms with van der Waals surface area (Å²) in [6.45, 7) is 4.39. The number of anilines is 1. The van der Waals surface area contributed by atoms with Gasteiger partial charge in [0.15, 0.2) is 5.17 Å². The molecule has 0 amide bonds. The van der Waals surface area contributed by atoms with Crippen LogP contribution in [0.3, 0.4) is 0 Å². The fourth-order valence-corrected chi connectivity index (χ4v) is 3.15. The molecule has 1 aromatic rings. The second-order valence-electron chi connectivity index (χ2n) is 4.78. The summed E-state index contributed by atoms with van der Waals surface area (Å²) in [6, 6.07) is 5.35. The number of amidine groups is 1. The van der Waals surface area contributed by atoms with Crippen molar-refractivity contribution in [2.45, 2.75) is 26.3 Å². The molecule has 18 heavy (non-hydrogen) atoms. The zero-order chi connectivity index (χ0) is 13.1. The van der Waals surface area contributed by atoms with Crippen LogP contribution in [0.5, 0.6) is 0 Å². The van der Waals surface area contributed by atoms with Gasteiger partial charge in [0.05, 0.1) is 11.7 Å². The Hall–Kier alpha value is -0.550. The number of hydrogen-bond acceptors (Lipinski definition) is 3. The number of nitrogens with zero attached hydrogens (tertiary/aromatic N) is 1. The zero-order valence-corrected chi connectivity index (χ0v) is 12.8. The first-order chi connectivity index (χ1) is 8.54. The highest BCUT2D eigenvalue weighted by Crippen LogP contribution is 2.26. The Morgan fingerprint density at radius 3 is 3.00 bits per heavy atom. The fraction of sp³-hybridized carbons (Fsp3) is 0.462. The SMILES string of the molecule is CC(C)CC1CSC(Nc2ccc(Br)cc2F)=N1. The van der Waals surface area contributed by atoms with E-state index in [2.05, 4.69) is 40.1 Å². The third kappa shape index (κ3) is 3.72. The van der Waals surface area contributed by atoms with Gasteiger partial charge in [0.1, 0.15) is 5.82 Å². The lowest BCUT2D eigenvalue weighted by Gasteiger charge is -2.08. The van der Waals surface area contributed by atoms with Gasteiger partial charge in [-0.1, -0.05) is 41.5 Å². The van der Waals surface area contributed by atoms with Crippen LogP contribution in [0.4, 0.5) is 10.1 Å². The van der Waals surface area contributed by atoms with Gasteiger partial charge in [-0.15, -0.1) is 0 Å². The van der Waals surface area contributed by atoms with Crippen molar-refractivity contribution < 1.29 is 4.39 Å². The van der Waals surface area contributed by atoms with Crippen molar-refractivity contribution in [1.82, 2.24) is 0 Å². The van der Waals surface area contributed by atoms with E-state index in [0.717, 1.165) is 21.8 Å². The van der Waals surface area contributed by atoms with E-state index in [1.807, 2.05) is 6.07 Å². The second-order valence-corrected chi connectivity index (χ2v) is 6.70. The average Bonchev–Trinajstić information content (AvgIpc) is 2.69. The molecular weight excluding hydrogens is 315 g/mol. The summed E-state index contributed by atoms with van der Waals surface area (Å²) in [7, 11) is 0. The van der Waals surface area contributed by atoms with Crippen LogP contribution < -0.4 is 5.32 Å². The van der Waals surface area contributed by atoms with Crippen molar-refractivity contribution in [2.24, 2.45) is 10.9 Å². The van der Waals surface area contributed by atoms with E-state index in [1.165, 1.54) is 6.07 Å². The Labute approximate surface area is 120 Å². The van der Waals surface area contributed by atoms with Crippen molar-refractivity contribution in [1.29, 1.82) is 0 Å². The summed E-state index contributed by atoms with van der Waals surface area (Å²) < 4.78 is 14.4. The van der Waals surface area contributed by atoms with Crippen LogP contribution in [-0.2, 0) is 0 Å². The Morgan fingerprint density at radius 1 is 1.56 bits per heavy atom. The molecule has 0 bridgehead atoms. The third-order valence-corrected chi connectivity index (χ3v) is 4.15. The molecule has 1 aromatic carbocycles. The molecule has 1 unspecified atom stereocenters. The number of halogens is 2. The molecule has 0 saturated heterocycles. The first-order valence-electron chi connectivity index (χ1n) is 5.97. The monoisotopic (exact) mass is 330 g/mol. The van der Waals surface area contributed by atoms with Crippen molar-refractivity contribution in [3.63, 3.8) is 0 Å². The summed E-state index contributed by atoms with van der Waals surface area (Å²) in [5.41, 5.74) is 0.481. The highest BCUT2D eigenvalue weighted by Gasteiger charge is 2.19. The molecule has 5 heteroatoms. The zero-order valence-electron chi connectivity index (χ0n) is 10.4. The normalized spacial score (nSPS) is 19.2. The molecule has 1 N–H and O–H groups in total. The Morgan fingerprint density at radius 2 is 2.33 bits per heavy atom. The minimum atomic E-state index is -0.264. The van der Waals surface area contributed by atoms with Crippen molar-refractivity contribution in [2.75, 3.05) is 11.1 Å². The molecule has 2 nitrogen and oxygen atoms in total. The molecule has 1 aliphatic rings. The maximum Gasteiger partial charge on any atom is 0.161 e. The Bertz CT molecular complexity index is 462. The van der Waals surface area contributed by atoms with Crippen LogP contribution in [0.2, 0.25) is 0 Å². The first-order valence-corrected chi connectivity index (χ1v) is 7.75. The highest BCUT2D eigenvalue weighted by molar-refractivity contribution is 9.10. The summed E-state index contributed by atoms with van der Waals surface area (Å²) in [5.74, 6) is 1.36. The Kier molecular flexibility index (Phi) is 4.67. The second kappa shape index (κ2) is 6.06. The standard InChI is InChI=1S/C13H16BrFN2S/c1-8(2)5-10-7-18-13(16-10)17-12-4-3-9(14)6-11(12)15/h3-4,6,8,10H,5,7H2,1-2H3,(H,16,17). The summed E-state index contributed by atoms with van der Waals surface area (Å²) in [4.78, 5) is 4.58. The van der Waals surface area contributed by atoms with Crippen molar-refractivity contribution >= 4 is 38.5 Å². The molecule has 0 saturated carbocycles. The van der Waals surface area contributed by atoms with Crippen LogP contribution >= 0.6 is 27.7 Å². The third-order valence-electron chi connectivity index (χ3n) is 2.63. The lowest BCUT2D eigenvalue weighted by atomic mass is 10.1. The van der Waals surface area contributed by atoms with E-state index in [4.69, 9.17) is 0 Å². The number of aliphatic imine (C=N–C) groups is 1. The van der Waals surface area contributed by atoms with Gasteiger partial charge < -0.3 is 5.32 Å². The largest absolute Gasteiger partial charge is 0.333 e. The van der Waals surface area contributed by atoms with Gasteiger partial charge in [0.2, 0.25) is 0 Å². The number of thioether (sulfide) groups is 1. The maximum absolute atomic E-state index is 13.7. The Balaban J connectivity index is 2.02. The van der Waals surface area contributed by atoms with Gasteiger partial charge in [-0.25, -0.2) is 4.39 Å². The summed E-state index contributed by atoms with van der Waals surface area (Å²) >= 11 is 4.90. The number of benzene rings is 1. The number of nitrogens with one attached hydrogen (secondary N) is 1. The van der Waals surface area contributed by atoms with Gasteiger partial charge in [0, 0.05) is 10.2 Å². The fourth-order valence-electron chi connectivity index (χ4n) is 1.85. The minimum absolute atomic E-state index is 0.264.